The molecule has 1 aliphatic heterocycles. The number of hydrogen-bond donors (Lipinski definition) is 1. The summed E-state index contributed by atoms with van der Waals surface area (Å²) in [6.45, 7) is 5.53. The van der Waals surface area contributed by atoms with E-state index < -0.39 is 0 Å². The Balaban J connectivity index is 1.53. The highest BCUT2D eigenvalue weighted by Gasteiger charge is 2.14. The summed E-state index contributed by atoms with van der Waals surface area (Å²) in [6.07, 6.45) is 0. The van der Waals surface area contributed by atoms with E-state index in [9.17, 15) is 4.79 Å². The number of nitrogens with one attached hydrogen (secondary N) is 1. The van der Waals surface area contributed by atoms with Gasteiger partial charge in [-0.1, -0.05) is 17.7 Å². The number of fused-ring (bicyclic) bond motifs is 1. The van der Waals surface area contributed by atoms with E-state index in [1.165, 1.54) is 0 Å². The van der Waals surface area contributed by atoms with Crippen LogP contribution in [0.4, 0.5) is 0 Å². The molecule has 126 valence electrons. The first-order valence-electron chi connectivity index (χ1n) is 7.97. The van der Waals surface area contributed by atoms with Gasteiger partial charge in [0.05, 0.1) is 0 Å². The summed E-state index contributed by atoms with van der Waals surface area (Å²) in [5, 5.41) is 2.87. The van der Waals surface area contributed by atoms with E-state index in [2.05, 4.69) is 5.32 Å². The second-order valence-corrected chi connectivity index (χ2v) is 5.80. The maximum Gasteiger partial charge on any atom is 0.258 e. The van der Waals surface area contributed by atoms with Gasteiger partial charge < -0.3 is 19.5 Å². The van der Waals surface area contributed by atoms with Gasteiger partial charge in [0.1, 0.15) is 19.0 Å². The number of hydrogen-bond acceptors (Lipinski definition) is 4. The molecule has 0 aliphatic carbocycles. The Morgan fingerprint density at radius 3 is 2.46 bits per heavy atom. The summed E-state index contributed by atoms with van der Waals surface area (Å²) in [6, 6.07) is 11.5. The summed E-state index contributed by atoms with van der Waals surface area (Å²) < 4.78 is 16.6. The molecule has 0 fully saturated rings. The SMILES string of the molecule is Cc1ccc(OCC(=O)NCc2cc3c(cc2C)OCCO3)cc1. The van der Waals surface area contributed by atoms with Gasteiger partial charge in [-0.3, -0.25) is 4.79 Å². The second kappa shape index (κ2) is 7.25. The van der Waals surface area contributed by atoms with Crippen LogP contribution in [-0.4, -0.2) is 25.7 Å². The first-order chi connectivity index (χ1) is 11.6. The minimum atomic E-state index is -0.162. The van der Waals surface area contributed by atoms with Crippen LogP contribution in [0.15, 0.2) is 36.4 Å². The van der Waals surface area contributed by atoms with Gasteiger partial charge in [-0.2, -0.15) is 0 Å². The van der Waals surface area contributed by atoms with Crippen LogP contribution in [0.5, 0.6) is 17.2 Å². The van der Waals surface area contributed by atoms with Crippen molar-refractivity contribution in [2.24, 2.45) is 0 Å². The molecule has 0 radical (unpaired) electrons. The highest BCUT2D eigenvalue weighted by Crippen LogP contribution is 2.32. The highest BCUT2D eigenvalue weighted by atomic mass is 16.6. The van der Waals surface area contributed by atoms with E-state index in [1.807, 2.05) is 50.2 Å². The largest absolute Gasteiger partial charge is 0.486 e. The van der Waals surface area contributed by atoms with Crippen LogP contribution in [0.25, 0.3) is 0 Å². The van der Waals surface area contributed by atoms with E-state index in [4.69, 9.17) is 14.2 Å². The Bertz CT molecular complexity index is 725. The number of carbonyl (C=O) groups excluding carboxylic acids is 1. The number of amides is 1. The van der Waals surface area contributed by atoms with Crippen molar-refractivity contribution in [3.8, 4) is 17.2 Å². The molecule has 0 spiro atoms. The van der Waals surface area contributed by atoms with Crippen LogP contribution < -0.4 is 19.5 Å². The Morgan fingerprint density at radius 1 is 1.08 bits per heavy atom. The molecule has 0 aromatic heterocycles. The molecule has 5 nitrogen and oxygen atoms in total. The Hall–Kier alpha value is -2.69. The van der Waals surface area contributed by atoms with Gasteiger partial charge in [0.2, 0.25) is 0 Å². The molecule has 1 amide bonds. The third kappa shape index (κ3) is 3.98. The van der Waals surface area contributed by atoms with Gasteiger partial charge >= 0.3 is 0 Å². The lowest BCUT2D eigenvalue weighted by atomic mass is 10.1. The highest BCUT2D eigenvalue weighted by molar-refractivity contribution is 5.77. The lowest BCUT2D eigenvalue weighted by molar-refractivity contribution is -0.123. The van der Waals surface area contributed by atoms with Gasteiger partial charge in [-0.05, 0) is 49.2 Å². The van der Waals surface area contributed by atoms with Crippen molar-refractivity contribution in [3.05, 3.63) is 53.1 Å². The third-order valence-corrected chi connectivity index (χ3v) is 3.87. The second-order valence-electron chi connectivity index (χ2n) is 5.80. The van der Waals surface area contributed by atoms with Crippen molar-refractivity contribution >= 4 is 5.91 Å². The normalized spacial score (nSPS) is 12.6. The molecular weight excluding hydrogens is 306 g/mol. The molecule has 0 saturated carbocycles. The molecule has 5 heteroatoms. The number of aryl methyl sites for hydroxylation is 2. The zero-order valence-electron chi connectivity index (χ0n) is 13.9. The molecular formula is C19H21NO4. The van der Waals surface area contributed by atoms with Gasteiger partial charge in [-0.15, -0.1) is 0 Å². The Kier molecular flexibility index (Phi) is 4.89. The maximum absolute atomic E-state index is 12.0. The number of rotatable bonds is 5. The smallest absolute Gasteiger partial charge is 0.258 e. The van der Waals surface area contributed by atoms with Crippen LogP contribution in [0, 0.1) is 13.8 Å². The van der Waals surface area contributed by atoms with E-state index in [0.29, 0.717) is 25.5 Å². The minimum Gasteiger partial charge on any atom is -0.486 e. The molecule has 1 aliphatic rings. The fourth-order valence-corrected chi connectivity index (χ4v) is 2.45. The number of ether oxygens (including phenoxy) is 3. The average Bonchev–Trinajstić information content (AvgIpc) is 2.59. The summed E-state index contributed by atoms with van der Waals surface area (Å²) in [5.74, 6) is 2.01. The molecule has 3 rings (SSSR count). The number of carbonyl (C=O) groups is 1. The summed E-state index contributed by atoms with van der Waals surface area (Å²) in [5.41, 5.74) is 3.21. The molecule has 0 saturated heterocycles. The van der Waals surface area contributed by atoms with Crippen LogP contribution in [0.3, 0.4) is 0 Å². The van der Waals surface area contributed by atoms with Crippen LogP contribution >= 0.6 is 0 Å². The molecule has 0 bridgehead atoms. The average molecular weight is 327 g/mol. The summed E-state index contributed by atoms with van der Waals surface area (Å²) in [4.78, 5) is 12.0. The maximum atomic E-state index is 12.0. The Morgan fingerprint density at radius 2 is 1.75 bits per heavy atom. The van der Waals surface area contributed by atoms with Gasteiger partial charge in [-0.25, -0.2) is 0 Å². The summed E-state index contributed by atoms with van der Waals surface area (Å²) >= 11 is 0. The van der Waals surface area contributed by atoms with Crippen LogP contribution in [0.1, 0.15) is 16.7 Å². The van der Waals surface area contributed by atoms with Crippen molar-refractivity contribution in [1.29, 1.82) is 0 Å². The van der Waals surface area contributed by atoms with Crippen molar-refractivity contribution in [2.75, 3.05) is 19.8 Å². The predicted molar refractivity (Wildman–Crippen MR) is 90.7 cm³/mol. The monoisotopic (exact) mass is 327 g/mol. The van der Waals surface area contributed by atoms with Crippen molar-refractivity contribution < 1.29 is 19.0 Å². The first kappa shape index (κ1) is 16.2. The number of benzene rings is 2. The standard InChI is InChI=1S/C19H21NO4/c1-13-3-5-16(6-4-13)24-12-19(21)20-11-15-10-18-17(9-14(15)2)22-7-8-23-18/h3-6,9-10H,7-8,11-12H2,1-2H3,(H,20,21). The van der Waals surface area contributed by atoms with Gasteiger partial charge in [0.25, 0.3) is 5.91 Å². The fourth-order valence-electron chi connectivity index (χ4n) is 2.45. The minimum absolute atomic E-state index is 0.00728. The van der Waals surface area contributed by atoms with Crippen molar-refractivity contribution in [1.82, 2.24) is 5.32 Å². The zero-order valence-corrected chi connectivity index (χ0v) is 13.9. The van der Waals surface area contributed by atoms with Gasteiger partial charge in [0, 0.05) is 6.54 Å². The topological polar surface area (TPSA) is 56.8 Å². The molecule has 1 N–H and O–H groups in total. The van der Waals surface area contributed by atoms with Crippen LogP contribution in [0.2, 0.25) is 0 Å². The van der Waals surface area contributed by atoms with Gasteiger partial charge in [0.15, 0.2) is 18.1 Å². The molecule has 2 aromatic rings. The Labute approximate surface area is 141 Å². The predicted octanol–water partition coefficient (Wildman–Crippen LogP) is 2.77. The van der Waals surface area contributed by atoms with Crippen molar-refractivity contribution in [3.63, 3.8) is 0 Å². The molecule has 2 aromatic carbocycles. The molecule has 24 heavy (non-hydrogen) atoms. The first-order valence-corrected chi connectivity index (χ1v) is 7.97. The van der Waals surface area contributed by atoms with Crippen molar-refractivity contribution in [2.45, 2.75) is 20.4 Å². The molecule has 0 unspecified atom stereocenters. The van der Waals surface area contributed by atoms with E-state index in [-0.39, 0.29) is 12.5 Å². The lowest BCUT2D eigenvalue weighted by Crippen LogP contribution is -2.28. The third-order valence-electron chi connectivity index (χ3n) is 3.87. The van der Waals surface area contributed by atoms with Crippen LogP contribution in [-0.2, 0) is 11.3 Å². The van der Waals surface area contributed by atoms with E-state index in [0.717, 1.165) is 28.2 Å². The molecule has 1 heterocycles. The quantitative estimate of drug-likeness (QED) is 0.917. The fraction of sp³-hybridized carbons (Fsp3) is 0.316. The zero-order chi connectivity index (χ0) is 16.9. The van der Waals surface area contributed by atoms with E-state index >= 15 is 0 Å². The molecule has 0 atom stereocenters. The summed E-state index contributed by atoms with van der Waals surface area (Å²) in [7, 11) is 0. The lowest BCUT2D eigenvalue weighted by Gasteiger charge is -2.20. The van der Waals surface area contributed by atoms with E-state index in [1.54, 1.807) is 0 Å².